The van der Waals surface area contributed by atoms with Crippen molar-refractivity contribution in [3.8, 4) is 11.6 Å². The maximum atomic E-state index is 13.0. The van der Waals surface area contributed by atoms with Gasteiger partial charge in [-0.1, -0.05) is 18.2 Å². The fourth-order valence-corrected chi connectivity index (χ4v) is 2.84. The summed E-state index contributed by atoms with van der Waals surface area (Å²) in [5.41, 5.74) is 1.30. The average molecular weight is 308 g/mol. The lowest BCUT2D eigenvalue weighted by Crippen LogP contribution is -1.97. The van der Waals surface area contributed by atoms with Crippen molar-refractivity contribution in [1.29, 1.82) is 0 Å². The van der Waals surface area contributed by atoms with E-state index in [-0.39, 0.29) is 17.4 Å². The molecule has 5 heteroatoms. The number of benzene rings is 2. The molecule has 0 unspecified atom stereocenters. The Kier molecular flexibility index (Phi) is 2.94. The molecule has 0 radical (unpaired) electrons. The Morgan fingerprint density at radius 3 is 2.61 bits per heavy atom. The van der Waals surface area contributed by atoms with Crippen LogP contribution in [0.25, 0.3) is 21.7 Å². The van der Waals surface area contributed by atoms with Crippen LogP contribution in [0.4, 0.5) is 4.39 Å². The monoisotopic (exact) mass is 308 g/mol. The molecule has 0 aliphatic heterocycles. The second-order valence-electron chi connectivity index (χ2n) is 5.47. The molecule has 0 spiro atoms. The van der Waals surface area contributed by atoms with Crippen LogP contribution < -0.4 is 0 Å². The Hall–Kier alpha value is -3.08. The van der Waals surface area contributed by atoms with Crippen molar-refractivity contribution in [2.75, 3.05) is 0 Å². The van der Waals surface area contributed by atoms with Crippen LogP contribution in [-0.4, -0.2) is 19.8 Å². The molecule has 0 fully saturated rings. The highest BCUT2D eigenvalue weighted by Gasteiger charge is 2.16. The topological polar surface area (TPSA) is 58.3 Å². The summed E-state index contributed by atoms with van der Waals surface area (Å²) < 4.78 is 14.6. The first-order valence-corrected chi connectivity index (χ1v) is 7.16. The molecule has 2 N–H and O–H groups in total. The van der Waals surface area contributed by atoms with Gasteiger partial charge in [0, 0.05) is 23.2 Å². The van der Waals surface area contributed by atoms with Crippen molar-refractivity contribution in [3.63, 3.8) is 0 Å². The Morgan fingerprint density at radius 2 is 1.83 bits per heavy atom. The summed E-state index contributed by atoms with van der Waals surface area (Å²) in [6.45, 7) is 0.379. The fourth-order valence-electron chi connectivity index (χ4n) is 2.84. The molecule has 4 aromatic rings. The van der Waals surface area contributed by atoms with Crippen LogP contribution in [0, 0.1) is 5.82 Å². The highest BCUT2D eigenvalue weighted by Crippen LogP contribution is 2.39. The van der Waals surface area contributed by atoms with Gasteiger partial charge in [-0.25, -0.2) is 4.39 Å². The smallest absolute Gasteiger partial charge is 0.203 e. The fraction of sp³-hybridized carbons (Fsp3) is 0.0556. The van der Waals surface area contributed by atoms with E-state index < -0.39 is 0 Å². The van der Waals surface area contributed by atoms with Gasteiger partial charge in [0.1, 0.15) is 11.3 Å². The molecule has 2 heterocycles. The highest BCUT2D eigenvalue weighted by atomic mass is 19.1. The number of pyridine rings is 1. The van der Waals surface area contributed by atoms with Gasteiger partial charge < -0.3 is 14.8 Å². The zero-order valence-electron chi connectivity index (χ0n) is 12.1. The van der Waals surface area contributed by atoms with E-state index in [9.17, 15) is 14.6 Å². The van der Waals surface area contributed by atoms with Crippen molar-refractivity contribution in [2.45, 2.75) is 6.54 Å². The third kappa shape index (κ3) is 2.17. The van der Waals surface area contributed by atoms with E-state index in [4.69, 9.17) is 0 Å². The molecule has 4 nitrogen and oxygen atoms in total. The third-order valence-corrected chi connectivity index (χ3v) is 3.96. The Morgan fingerprint density at radius 1 is 1.04 bits per heavy atom. The van der Waals surface area contributed by atoms with Crippen LogP contribution in [0.5, 0.6) is 11.6 Å². The maximum absolute atomic E-state index is 13.0. The number of fused-ring (bicyclic) bond motifs is 2. The number of rotatable bonds is 2. The number of hydrogen-bond acceptors (Lipinski definition) is 3. The van der Waals surface area contributed by atoms with Gasteiger partial charge in [0.25, 0.3) is 0 Å². The van der Waals surface area contributed by atoms with Gasteiger partial charge in [0.15, 0.2) is 5.75 Å². The first-order valence-electron chi connectivity index (χ1n) is 7.16. The number of hydrogen-bond donors (Lipinski definition) is 2. The second-order valence-corrected chi connectivity index (χ2v) is 5.47. The van der Waals surface area contributed by atoms with Gasteiger partial charge in [0.05, 0.1) is 11.9 Å². The van der Waals surface area contributed by atoms with E-state index in [0.29, 0.717) is 17.4 Å². The highest BCUT2D eigenvalue weighted by molar-refractivity contribution is 6.05. The summed E-state index contributed by atoms with van der Waals surface area (Å²) in [6, 6.07) is 11.6. The van der Waals surface area contributed by atoms with Crippen molar-refractivity contribution in [1.82, 2.24) is 9.55 Å². The van der Waals surface area contributed by atoms with E-state index in [1.165, 1.54) is 12.1 Å². The van der Waals surface area contributed by atoms with Crippen LogP contribution in [0.2, 0.25) is 0 Å². The number of halogens is 1. The molecule has 0 amide bonds. The Bertz CT molecular complexity index is 1020. The van der Waals surface area contributed by atoms with E-state index >= 15 is 0 Å². The standard InChI is InChI=1S/C18H13FN2O2/c19-14-5-3-11(4-6-14)9-21-10-13-8-12-2-1-7-20-16(12)17(22)15(13)18(21)23/h1-8,10,22-23H,9H2. The van der Waals surface area contributed by atoms with Crippen molar-refractivity contribution in [2.24, 2.45) is 0 Å². The molecule has 0 atom stereocenters. The molecule has 0 saturated heterocycles. The second kappa shape index (κ2) is 4.98. The van der Waals surface area contributed by atoms with E-state index in [1.807, 2.05) is 12.1 Å². The minimum Gasteiger partial charge on any atom is -0.505 e. The van der Waals surface area contributed by atoms with Gasteiger partial charge >= 0.3 is 0 Å². The molecule has 0 bridgehead atoms. The quantitative estimate of drug-likeness (QED) is 0.592. The molecule has 2 aromatic heterocycles. The van der Waals surface area contributed by atoms with Crippen molar-refractivity contribution >= 4 is 21.7 Å². The normalized spacial score (nSPS) is 11.3. The molecule has 114 valence electrons. The summed E-state index contributed by atoms with van der Waals surface area (Å²) >= 11 is 0. The summed E-state index contributed by atoms with van der Waals surface area (Å²) in [7, 11) is 0. The molecule has 4 rings (SSSR count). The minimum absolute atomic E-state index is 0.0330. The summed E-state index contributed by atoms with van der Waals surface area (Å²) in [5.74, 6) is -0.367. The van der Waals surface area contributed by atoms with Gasteiger partial charge in [-0.2, -0.15) is 0 Å². The lowest BCUT2D eigenvalue weighted by molar-refractivity contribution is 0.425. The van der Waals surface area contributed by atoms with Crippen LogP contribution >= 0.6 is 0 Å². The number of nitrogens with zero attached hydrogens (tertiary/aromatic N) is 2. The predicted molar refractivity (Wildman–Crippen MR) is 86.1 cm³/mol. The first kappa shape index (κ1) is 13.6. The first-order chi connectivity index (χ1) is 11.1. The van der Waals surface area contributed by atoms with Crippen LogP contribution in [0.3, 0.4) is 0 Å². The average Bonchev–Trinajstić information content (AvgIpc) is 2.86. The number of aromatic nitrogens is 2. The van der Waals surface area contributed by atoms with Gasteiger partial charge in [-0.3, -0.25) is 4.98 Å². The maximum Gasteiger partial charge on any atom is 0.203 e. The summed E-state index contributed by atoms with van der Waals surface area (Å²) in [6.07, 6.45) is 3.36. The van der Waals surface area contributed by atoms with E-state index in [1.54, 1.807) is 35.2 Å². The van der Waals surface area contributed by atoms with E-state index in [2.05, 4.69) is 4.98 Å². The number of aromatic hydroxyl groups is 2. The lowest BCUT2D eigenvalue weighted by Gasteiger charge is -2.05. The minimum atomic E-state index is -0.300. The van der Waals surface area contributed by atoms with Crippen LogP contribution in [0.15, 0.2) is 54.9 Å². The molecule has 0 saturated carbocycles. The summed E-state index contributed by atoms with van der Waals surface area (Å²) in [4.78, 5) is 4.16. The molecule has 23 heavy (non-hydrogen) atoms. The van der Waals surface area contributed by atoms with Crippen molar-refractivity contribution < 1.29 is 14.6 Å². The SMILES string of the molecule is Oc1c2ncccc2cc2cn(Cc3ccc(F)cc3)c(O)c12. The predicted octanol–water partition coefficient (Wildman–Crippen LogP) is 3.79. The lowest BCUT2D eigenvalue weighted by atomic mass is 10.1. The largest absolute Gasteiger partial charge is 0.505 e. The van der Waals surface area contributed by atoms with Gasteiger partial charge in [-0.05, 0) is 29.8 Å². The summed E-state index contributed by atoms with van der Waals surface area (Å²) in [5, 5.41) is 22.8. The van der Waals surface area contributed by atoms with Crippen LogP contribution in [-0.2, 0) is 6.54 Å². The van der Waals surface area contributed by atoms with Gasteiger partial charge in [-0.15, -0.1) is 0 Å². The Labute approximate surface area is 131 Å². The molecule has 0 aliphatic rings. The van der Waals surface area contributed by atoms with Crippen LogP contribution in [0.1, 0.15) is 5.56 Å². The number of phenols is 1. The molecule has 2 aromatic carbocycles. The molecule has 0 aliphatic carbocycles. The molecular formula is C18H13FN2O2. The zero-order chi connectivity index (χ0) is 16.0. The van der Waals surface area contributed by atoms with E-state index in [0.717, 1.165) is 16.3 Å². The molecular weight excluding hydrogens is 295 g/mol. The zero-order valence-corrected chi connectivity index (χ0v) is 12.1. The number of phenolic OH excluding ortho intramolecular Hbond substituents is 1. The Balaban J connectivity index is 1.88. The third-order valence-electron chi connectivity index (χ3n) is 3.96. The van der Waals surface area contributed by atoms with Gasteiger partial charge in [0.2, 0.25) is 5.88 Å². The van der Waals surface area contributed by atoms with Crippen molar-refractivity contribution in [3.05, 3.63) is 66.2 Å².